The maximum Gasteiger partial charge on any atom is 0.106 e. The topological polar surface area (TPSA) is 33.4 Å². The molecule has 1 aromatic heterocycles. The van der Waals surface area contributed by atoms with Gasteiger partial charge in [-0.1, -0.05) is 13.3 Å². The van der Waals surface area contributed by atoms with Crippen LogP contribution in [-0.2, 0) is 0 Å². The lowest BCUT2D eigenvalue weighted by Crippen LogP contribution is -1.96. The Morgan fingerprint density at radius 1 is 1.50 bits per heavy atom. The standard InChI is InChI=1S/C10H16O2/c1-4-5-10(11)9-6-7(2)12-8(9)3/h6,10-11H,4-5H2,1-3H3. The van der Waals surface area contributed by atoms with Crippen LogP contribution in [0.5, 0.6) is 0 Å². The largest absolute Gasteiger partial charge is 0.466 e. The van der Waals surface area contributed by atoms with Crippen LogP contribution < -0.4 is 0 Å². The Morgan fingerprint density at radius 2 is 2.17 bits per heavy atom. The van der Waals surface area contributed by atoms with Gasteiger partial charge in [-0.3, -0.25) is 0 Å². The summed E-state index contributed by atoms with van der Waals surface area (Å²) < 4.78 is 5.32. The van der Waals surface area contributed by atoms with E-state index in [9.17, 15) is 5.11 Å². The third-order valence-electron chi connectivity index (χ3n) is 2.00. The third kappa shape index (κ3) is 1.89. The van der Waals surface area contributed by atoms with E-state index in [4.69, 9.17) is 4.42 Å². The fraction of sp³-hybridized carbons (Fsp3) is 0.600. The molecule has 2 nitrogen and oxygen atoms in total. The third-order valence-corrected chi connectivity index (χ3v) is 2.00. The summed E-state index contributed by atoms with van der Waals surface area (Å²) in [4.78, 5) is 0. The Bertz CT molecular complexity index is 250. The molecule has 1 aromatic rings. The molecule has 1 heterocycles. The molecule has 1 atom stereocenters. The Kier molecular flexibility index (Phi) is 2.93. The first-order valence-corrected chi connectivity index (χ1v) is 4.40. The van der Waals surface area contributed by atoms with Crippen LogP contribution in [-0.4, -0.2) is 5.11 Å². The highest BCUT2D eigenvalue weighted by Gasteiger charge is 2.12. The minimum absolute atomic E-state index is 0.354. The second-order valence-electron chi connectivity index (χ2n) is 3.17. The minimum Gasteiger partial charge on any atom is -0.466 e. The van der Waals surface area contributed by atoms with Crippen molar-refractivity contribution in [1.29, 1.82) is 0 Å². The smallest absolute Gasteiger partial charge is 0.106 e. The first-order chi connectivity index (χ1) is 5.65. The molecule has 1 N–H and O–H groups in total. The molecule has 1 unspecified atom stereocenters. The van der Waals surface area contributed by atoms with Crippen molar-refractivity contribution in [2.75, 3.05) is 0 Å². The first kappa shape index (κ1) is 9.33. The van der Waals surface area contributed by atoms with E-state index in [1.807, 2.05) is 19.9 Å². The molecular weight excluding hydrogens is 152 g/mol. The average molecular weight is 168 g/mol. The van der Waals surface area contributed by atoms with Crippen LogP contribution in [0.15, 0.2) is 10.5 Å². The van der Waals surface area contributed by atoms with Crippen LogP contribution in [0.1, 0.15) is 43.0 Å². The summed E-state index contributed by atoms with van der Waals surface area (Å²) in [5, 5.41) is 9.65. The van der Waals surface area contributed by atoms with Crippen molar-refractivity contribution in [2.45, 2.75) is 39.7 Å². The van der Waals surface area contributed by atoms with Gasteiger partial charge in [0.25, 0.3) is 0 Å². The van der Waals surface area contributed by atoms with Crippen molar-refractivity contribution in [3.8, 4) is 0 Å². The highest BCUT2D eigenvalue weighted by atomic mass is 16.3. The van der Waals surface area contributed by atoms with Gasteiger partial charge in [0.05, 0.1) is 6.10 Å². The predicted molar refractivity (Wildman–Crippen MR) is 48.0 cm³/mol. The van der Waals surface area contributed by atoms with Gasteiger partial charge in [0.2, 0.25) is 0 Å². The molecule has 0 saturated heterocycles. The molecular formula is C10H16O2. The summed E-state index contributed by atoms with van der Waals surface area (Å²) in [7, 11) is 0. The number of rotatable bonds is 3. The van der Waals surface area contributed by atoms with Crippen molar-refractivity contribution in [1.82, 2.24) is 0 Å². The molecule has 0 saturated carbocycles. The zero-order valence-electron chi connectivity index (χ0n) is 7.92. The average Bonchev–Trinajstić information content (AvgIpc) is 2.30. The van der Waals surface area contributed by atoms with Gasteiger partial charge in [0.15, 0.2) is 0 Å². The fourth-order valence-corrected chi connectivity index (χ4v) is 1.41. The molecule has 0 aliphatic heterocycles. The maximum atomic E-state index is 9.65. The van der Waals surface area contributed by atoms with Crippen LogP contribution in [0.2, 0.25) is 0 Å². The van der Waals surface area contributed by atoms with E-state index in [2.05, 4.69) is 6.92 Å². The van der Waals surface area contributed by atoms with Gasteiger partial charge in [0, 0.05) is 5.56 Å². The quantitative estimate of drug-likeness (QED) is 0.752. The normalized spacial score (nSPS) is 13.3. The minimum atomic E-state index is -0.354. The monoisotopic (exact) mass is 168 g/mol. The fourth-order valence-electron chi connectivity index (χ4n) is 1.41. The zero-order valence-corrected chi connectivity index (χ0v) is 7.92. The van der Waals surface area contributed by atoms with E-state index in [1.165, 1.54) is 0 Å². The van der Waals surface area contributed by atoms with Crippen molar-refractivity contribution < 1.29 is 9.52 Å². The molecule has 0 spiro atoms. The van der Waals surface area contributed by atoms with E-state index in [-0.39, 0.29) is 6.10 Å². The number of aliphatic hydroxyl groups excluding tert-OH is 1. The molecule has 68 valence electrons. The van der Waals surface area contributed by atoms with Crippen molar-refractivity contribution >= 4 is 0 Å². The van der Waals surface area contributed by atoms with Gasteiger partial charge in [-0.05, 0) is 26.3 Å². The lowest BCUT2D eigenvalue weighted by Gasteiger charge is -2.06. The van der Waals surface area contributed by atoms with E-state index in [0.29, 0.717) is 0 Å². The summed E-state index contributed by atoms with van der Waals surface area (Å²) in [6, 6.07) is 1.91. The molecule has 0 aliphatic carbocycles. The van der Waals surface area contributed by atoms with Gasteiger partial charge >= 0.3 is 0 Å². The van der Waals surface area contributed by atoms with Gasteiger partial charge in [-0.25, -0.2) is 0 Å². The molecule has 0 radical (unpaired) electrons. The van der Waals surface area contributed by atoms with Crippen molar-refractivity contribution in [2.24, 2.45) is 0 Å². The summed E-state index contributed by atoms with van der Waals surface area (Å²) in [6.45, 7) is 5.85. The molecule has 0 fully saturated rings. The summed E-state index contributed by atoms with van der Waals surface area (Å²) in [6.07, 6.45) is 1.44. The van der Waals surface area contributed by atoms with E-state index in [1.54, 1.807) is 0 Å². The Morgan fingerprint density at radius 3 is 2.58 bits per heavy atom. The van der Waals surface area contributed by atoms with Gasteiger partial charge in [0.1, 0.15) is 11.5 Å². The number of aliphatic hydroxyl groups is 1. The Labute approximate surface area is 73.2 Å². The number of furan rings is 1. The van der Waals surface area contributed by atoms with Crippen LogP contribution in [0.25, 0.3) is 0 Å². The summed E-state index contributed by atoms with van der Waals surface area (Å²) in [5.41, 5.74) is 0.939. The summed E-state index contributed by atoms with van der Waals surface area (Å²) >= 11 is 0. The SMILES string of the molecule is CCCC(O)c1cc(C)oc1C. The molecule has 2 heteroatoms. The molecule has 0 bridgehead atoms. The first-order valence-electron chi connectivity index (χ1n) is 4.40. The number of aryl methyl sites for hydroxylation is 2. The number of hydrogen-bond acceptors (Lipinski definition) is 2. The molecule has 0 aromatic carbocycles. The second kappa shape index (κ2) is 3.76. The highest BCUT2D eigenvalue weighted by Crippen LogP contribution is 2.24. The molecule has 1 rings (SSSR count). The van der Waals surface area contributed by atoms with Crippen LogP contribution in [0, 0.1) is 13.8 Å². The molecule has 0 aliphatic rings. The van der Waals surface area contributed by atoms with E-state index >= 15 is 0 Å². The van der Waals surface area contributed by atoms with Gasteiger partial charge < -0.3 is 9.52 Å². The highest BCUT2D eigenvalue weighted by molar-refractivity contribution is 5.22. The van der Waals surface area contributed by atoms with Gasteiger partial charge in [-0.15, -0.1) is 0 Å². The Hall–Kier alpha value is -0.760. The second-order valence-corrected chi connectivity index (χ2v) is 3.17. The van der Waals surface area contributed by atoms with Crippen molar-refractivity contribution in [3.63, 3.8) is 0 Å². The predicted octanol–water partition coefficient (Wildman–Crippen LogP) is 2.73. The van der Waals surface area contributed by atoms with E-state index < -0.39 is 0 Å². The Balaban J connectivity index is 2.79. The van der Waals surface area contributed by atoms with Crippen LogP contribution in [0.3, 0.4) is 0 Å². The van der Waals surface area contributed by atoms with Crippen molar-refractivity contribution in [3.05, 3.63) is 23.2 Å². The molecule has 12 heavy (non-hydrogen) atoms. The number of hydrogen-bond donors (Lipinski definition) is 1. The van der Waals surface area contributed by atoms with E-state index in [0.717, 1.165) is 29.9 Å². The zero-order chi connectivity index (χ0) is 9.14. The lowest BCUT2D eigenvalue weighted by molar-refractivity contribution is 0.164. The van der Waals surface area contributed by atoms with Crippen LogP contribution in [0.4, 0.5) is 0 Å². The van der Waals surface area contributed by atoms with Gasteiger partial charge in [-0.2, -0.15) is 0 Å². The lowest BCUT2D eigenvalue weighted by atomic mass is 10.1. The molecule has 0 amide bonds. The maximum absolute atomic E-state index is 9.65. The summed E-state index contributed by atoms with van der Waals surface area (Å²) in [5.74, 6) is 1.71. The van der Waals surface area contributed by atoms with Crippen LogP contribution >= 0.6 is 0 Å².